The molecule has 0 saturated heterocycles. The lowest BCUT2D eigenvalue weighted by molar-refractivity contribution is 0.101. The van der Waals surface area contributed by atoms with Gasteiger partial charge in [-0.05, 0) is 26.0 Å². The third-order valence-electron chi connectivity index (χ3n) is 4.80. The van der Waals surface area contributed by atoms with Crippen molar-refractivity contribution in [2.45, 2.75) is 40.8 Å². The molecule has 144 valence electrons. The molecule has 3 aromatic rings. The number of nitriles is 1. The molecule has 0 aliphatic carbocycles. The summed E-state index contributed by atoms with van der Waals surface area (Å²) in [5, 5.41) is 16.6. The van der Waals surface area contributed by atoms with Gasteiger partial charge in [0.25, 0.3) is 5.91 Å². The summed E-state index contributed by atoms with van der Waals surface area (Å²) in [7, 11) is 0. The van der Waals surface area contributed by atoms with E-state index in [4.69, 9.17) is 4.74 Å². The van der Waals surface area contributed by atoms with E-state index >= 15 is 0 Å². The van der Waals surface area contributed by atoms with Crippen molar-refractivity contribution >= 4 is 22.9 Å². The van der Waals surface area contributed by atoms with Gasteiger partial charge in [-0.15, -0.1) is 0 Å². The number of nitrogens with zero attached hydrogens (tertiary/aromatic N) is 5. The normalized spacial score (nSPS) is 15.0. The fraction of sp³-hybridized carbons (Fsp3) is 0.400. The van der Waals surface area contributed by atoms with E-state index in [-0.39, 0.29) is 11.3 Å². The lowest BCUT2D eigenvalue weighted by Gasteiger charge is -2.23. The maximum absolute atomic E-state index is 12.9. The van der Waals surface area contributed by atoms with Gasteiger partial charge in [0, 0.05) is 24.6 Å². The van der Waals surface area contributed by atoms with Gasteiger partial charge in [-0.1, -0.05) is 13.8 Å². The largest absolute Gasteiger partial charge is 0.491 e. The van der Waals surface area contributed by atoms with Crippen molar-refractivity contribution in [1.29, 1.82) is 5.26 Å². The first-order valence-electron chi connectivity index (χ1n) is 9.24. The Morgan fingerprint density at radius 2 is 2.18 bits per heavy atom. The zero-order valence-corrected chi connectivity index (χ0v) is 16.4. The van der Waals surface area contributed by atoms with Gasteiger partial charge in [-0.3, -0.25) is 14.8 Å². The highest BCUT2D eigenvalue weighted by molar-refractivity contribution is 6.03. The van der Waals surface area contributed by atoms with Gasteiger partial charge < -0.3 is 9.30 Å². The van der Waals surface area contributed by atoms with Crippen LogP contribution in [0.25, 0.3) is 11.0 Å². The number of benzene rings is 1. The molecule has 0 spiro atoms. The van der Waals surface area contributed by atoms with Crippen molar-refractivity contribution in [2.24, 2.45) is 5.41 Å². The summed E-state index contributed by atoms with van der Waals surface area (Å²) in [4.78, 5) is 17.5. The number of anilines is 1. The second-order valence-corrected chi connectivity index (χ2v) is 7.87. The highest BCUT2D eigenvalue weighted by Crippen LogP contribution is 2.36. The summed E-state index contributed by atoms with van der Waals surface area (Å²) in [5.41, 5.74) is 3.00. The Labute approximate surface area is 162 Å². The number of rotatable bonds is 3. The number of aryl methyl sites for hydroxylation is 2. The summed E-state index contributed by atoms with van der Waals surface area (Å²) < 4.78 is 9.62. The zero-order valence-electron chi connectivity index (χ0n) is 16.4. The maximum atomic E-state index is 12.9. The topological polar surface area (TPSA) is 97.8 Å². The van der Waals surface area contributed by atoms with Crippen molar-refractivity contribution < 1.29 is 9.53 Å². The minimum absolute atomic E-state index is 0.166. The average molecular weight is 378 g/mol. The molecule has 1 amide bonds. The number of nitrogens with one attached hydrogen (secondary N) is 1. The predicted molar refractivity (Wildman–Crippen MR) is 104 cm³/mol. The van der Waals surface area contributed by atoms with Gasteiger partial charge in [-0.2, -0.15) is 10.4 Å². The van der Waals surface area contributed by atoms with E-state index in [0.717, 1.165) is 11.2 Å². The van der Waals surface area contributed by atoms with E-state index < -0.39 is 0 Å². The number of imidazole rings is 1. The van der Waals surface area contributed by atoms with Crippen molar-refractivity contribution in [3.63, 3.8) is 0 Å². The number of hydrogen-bond donors (Lipinski definition) is 1. The molecule has 0 unspecified atom stereocenters. The summed E-state index contributed by atoms with van der Waals surface area (Å²) in [5.74, 6) is 0.789. The molecule has 0 radical (unpaired) electrons. The molecule has 0 saturated carbocycles. The van der Waals surface area contributed by atoms with Crippen LogP contribution < -0.4 is 10.1 Å². The standard InChI is InChI=1S/C20H22N6O2/c1-5-26-15(6-12(2)24-26)18(27)23-19-22-14-7-13(9-21)8-16-17(14)25(19)10-20(3,4)11-28-16/h6-8H,5,10-11H2,1-4H3,(H,22,23,27). The maximum Gasteiger partial charge on any atom is 0.276 e. The highest BCUT2D eigenvalue weighted by Gasteiger charge is 2.29. The van der Waals surface area contributed by atoms with Crippen LogP contribution in [0.1, 0.15) is 42.5 Å². The number of aromatic nitrogens is 4. The third kappa shape index (κ3) is 2.99. The molecule has 1 aliphatic heterocycles. The van der Waals surface area contributed by atoms with Crippen LogP contribution >= 0.6 is 0 Å². The van der Waals surface area contributed by atoms with Crippen LogP contribution in [0.4, 0.5) is 5.95 Å². The van der Waals surface area contributed by atoms with Gasteiger partial charge in [-0.25, -0.2) is 4.98 Å². The van der Waals surface area contributed by atoms with Gasteiger partial charge in [0.05, 0.1) is 29.5 Å². The van der Waals surface area contributed by atoms with Crippen LogP contribution in [-0.2, 0) is 13.1 Å². The number of ether oxygens (including phenoxy) is 1. The number of hydrogen-bond acceptors (Lipinski definition) is 5. The molecule has 8 heteroatoms. The predicted octanol–water partition coefficient (Wildman–Crippen LogP) is 3.10. The van der Waals surface area contributed by atoms with Gasteiger partial charge in [0.15, 0.2) is 0 Å². The minimum Gasteiger partial charge on any atom is -0.491 e. The zero-order chi connectivity index (χ0) is 20.1. The van der Waals surface area contributed by atoms with Crippen LogP contribution in [0, 0.1) is 23.7 Å². The highest BCUT2D eigenvalue weighted by atomic mass is 16.5. The molecular formula is C20H22N6O2. The monoisotopic (exact) mass is 378 g/mol. The lowest BCUT2D eigenvalue weighted by atomic mass is 9.95. The minimum atomic E-state index is -0.265. The molecule has 8 nitrogen and oxygen atoms in total. The Morgan fingerprint density at radius 1 is 1.39 bits per heavy atom. The number of carbonyl (C=O) groups is 1. The Balaban J connectivity index is 1.82. The van der Waals surface area contributed by atoms with Crippen LogP contribution in [0.5, 0.6) is 5.75 Å². The Kier molecular flexibility index (Phi) is 4.11. The van der Waals surface area contributed by atoms with E-state index in [1.807, 2.05) is 18.4 Å². The molecule has 1 aromatic carbocycles. The van der Waals surface area contributed by atoms with Crippen LogP contribution in [0.15, 0.2) is 18.2 Å². The fourth-order valence-corrected chi connectivity index (χ4v) is 3.54. The second-order valence-electron chi connectivity index (χ2n) is 7.87. The molecule has 28 heavy (non-hydrogen) atoms. The van der Waals surface area contributed by atoms with E-state index in [1.54, 1.807) is 22.9 Å². The van der Waals surface area contributed by atoms with Gasteiger partial charge in [0.1, 0.15) is 17.0 Å². The molecule has 2 aromatic heterocycles. The van der Waals surface area contributed by atoms with Crippen LogP contribution in [0.3, 0.4) is 0 Å². The lowest BCUT2D eigenvalue weighted by Crippen LogP contribution is -2.26. The average Bonchev–Trinajstić information content (AvgIpc) is 3.15. The number of carbonyl (C=O) groups excluding carboxylic acids is 1. The molecule has 0 atom stereocenters. The Bertz CT molecular complexity index is 1130. The molecule has 1 aliphatic rings. The quantitative estimate of drug-likeness (QED) is 0.755. The summed E-state index contributed by atoms with van der Waals surface area (Å²) in [6.07, 6.45) is 0. The Morgan fingerprint density at radius 3 is 2.89 bits per heavy atom. The van der Waals surface area contributed by atoms with E-state index in [0.29, 0.717) is 48.2 Å². The van der Waals surface area contributed by atoms with E-state index in [9.17, 15) is 10.1 Å². The van der Waals surface area contributed by atoms with Gasteiger partial charge in [0.2, 0.25) is 5.95 Å². The van der Waals surface area contributed by atoms with Crippen molar-refractivity contribution in [1.82, 2.24) is 19.3 Å². The van der Waals surface area contributed by atoms with Crippen molar-refractivity contribution in [3.05, 3.63) is 35.2 Å². The smallest absolute Gasteiger partial charge is 0.276 e. The van der Waals surface area contributed by atoms with Gasteiger partial charge >= 0.3 is 0 Å². The summed E-state index contributed by atoms with van der Waals surface area (Å²) in [6.45, 7) is 9.72. The van der Waals surface area contributed by atoms with E-state index in [2.05, 4.69) is 35.3 Å². The summed E-state index contributed by atoms with van der Waals surface area (Å²) in [6, 6.07) is 7.34. The van der Waals surface area contributed by atoms with Crippen molar-refractivity contribution in [2.75, 3.05) is 11.9 Å². The first-order valence-corrected chi connectivity index (χ1v) is 9.24. The molecule has 0 bridgehead atoms. The second kappa shape index (κ2) is 6.37. The molecule has 1 N–H and O–H groups in total. The molecule has 3 heterocycles. The molecule has 4 rings (SSSR count). The SMILES string of the molecule is CCn1nc(C)cc1C(=O)Nc1nc2cc(C#N)cc3c2n1CC(C)(C)CO3. The summed E-state index contributed by atoms with van der Waals surface area (Å²) >= 11 is 0. The first kappa shape index (κ1) is 18.0. The van der Waals surface area contributed by atoms with Crippen molar-refractivity contribution in [3.8, 4) is 11.8 Å². The van der Waals surface area contributed by atoms with Crippen LogP contribution in [0.2, 0.25) is 0 Å². The van der Waals surface area contributed by atoms with E-state index in [1.165, 1.54) is 0 Å². The Hall–Kier alpha value is -3.34. The number of amides is 1. The fourth-order valence-electron chi connectivity index (χ4n) is 3.54. The molecule has 0 fully saturated rings. The third-order valence-corrected chi connectivity index (χ3v) is 4.80. The molecular weight excluding hydrogens is 356 g/mol. The first-order chi connectivity index (χ1) is 13.3. The van der Waals surface area contributed by atoms with Crippen LogP contribution in [-0.4, -0.2) is 31.8 Å².